The maximum absolute atomic E-state index is 14.1. The van der Waals surface area contributed by atoms with E-state index in [0.717, 1.165) is 31.5 Å². The van der Waals surface area contributed by atoms with Crippen LogP contribution < -0.4 is 5.32 Å². The molecule has 1 aromatic carbocycles. The Hall–Kier alpha value is -2.81. The first kappa shape index (κ1) is 24.3. The number of hydrogen-bond acceptors (Lipinski definition) is 5. The first-order valence-electron chi connectivity index (χ1n) is 12.0. The van der Waals surface area contributed by atoms with Crippen molar-refractivity contribution in [3.8, 4) is 11.3 Å². The first-order valence-corrected chi connectivity index (χ1v) is 12.0. The Morgan fingerprint density at radius 2 is 2.00 bits per heavy atom. The van der Waals surface area contributed by atoms with Gasteiger partial charge in [0, 0.05) is 51.4 Å². The minimum absolute atomic E-state index is 0.0148. The number of aromatic nitrogens is 1. The van der Waals surface area contributed by atoms with Gasteiger partial charge >= 0.3 is 0 Å². The number of piperidine rings is 1. The topological polar surface area (TPSA) is 78.7 Å². The van der Waals surface area contributed by atoms with E-state index in [1.165, 1.54) is 25.0 Å². The van der Waals surface area contributed by atoms with Gasteiger partial charge in [0.25, 0.3) is 5.91 Å². The van der Waals surface area contributed by atoms with Crippen LogP contribution in [0.5, 0.6) is 0 Å². The van der Waals surface area contributed by atoms with Gasteiger partial charge in [0.05, 0.1) is 11.5 Å². The van der Waals surface area contributed by atoms with Crippen molar-refractivity contribution in [3.05, 3.63) is 41.6 Å². The fourth-order valence-corrected chi connectivity index (χ4v) is 5.45. The maximum atomic E-state index is 14.1. The molecule has 1 saturated heterocycles. The Balaban J connectivity index is 1.48. The lowest BCUT2D eigenvalue weighted by Gasteiger charge is -2.43. The average Bonchev–Trinajstić information content (AvgIpc) is 3.48. The highest BCUT2D eigenvalue weighted by molar-refractivity contribution is 5.94. The van der Waals surface area contributed by atoms with Crippen LogP contribution >= 0.6 is 0 Å². The van der Waals surface area contributed by atoms with Gasteiger partial charge in [-0.1, -0.05) is 24.9 Å². The zero-order valence-electron chi connectivity index (χ0n) is 19.9. The summed E-state index contributed by atoms with van der Waals surface area (Å²) in [6.07, 6.45) is 5.39. The molecule has 1 N–H and O–H groups in total. The SMILES string of the molecule is CCC1CCCC1N1CC[C@@H](NC(=O)c2cc(-c3ccc(F)cc3F)on2)[C@H](C(=O)N(C)C)C1. The second-order valence-corrected chi connectivity index (χ2v) is 9.57. The third kappa shape index (κ3) is 4.99. The van der Waals surface area contributed by atoms with Crippen molar-refractivity contribution < 1.29 is 22.9 Å². The molecule has 2 aliphatic rings. The molecule has 0 spiro atoms. The van der Waals surface area contributed by atoms with Crippen LogP contribution in [0.15, 0.2) is 28.8 Å². The number of nitrogens with zero attached hydrogens (tertiary/aromatic N) is 3. The monoisotopic (exact) mass is 474 g/mol. The number of carbonyl (C=O) groups is 2. The second kappa shape index (κ2) is 10.2. The molecule has 2 fully saturated rings. The van der Waals surface area contributed by atoms with Crippen LogP contribution in [-0.4, -0.2) is 66.0 Å². The van der Waals surface area contributed by atoms with Crippen LogP contribution in [0.3, 0.4) is 0 Å². The summed E-state index contributed by atoms with van der Waals surface area (Å²) in [6, 6.07) is 4.57. The molecule has 0 radical (unpaired) electrons. The number of benzene rings is 1. The van der Waals surface area contributed by atoms with E-state index in [2.05, 4.69) is 22.3 Å². The summed E-state index contributed by atoms with van der Waals surface area (Å²) in [4.78, 5) is 30.0. The Morgan fingerprint density at radius 3 is 2.71 bits per heavy atom. The van der Waals surface area contributed by atoms with Crippen molar-refractivity contribution >= 4 is 11.8 Å². The van der Waals surface area contributed by atoms with Crippen molar-refractivity contribution in [3.63, 3.8) is 0 Å². The third-order valence-corrected chi connectivity index (χ3v) is 7.27. The molecule has 34 heavy (non-hydrogen) atoms. The summed E-state index contributed by atoms with van der Waals surface area (Å²) >= 11 is 0. The van der Waals surface area contributed by atoms with Gasteiger partial charge in [0.15, 0.2) is 11.5 Å². The molecule has 1 aromatic heterocycles. The van der Waals surface area contributed by atoms with Gasteiger partial charge in [-0.2, -0.15) is 0 Å². The van der Waals surface area contributed by atoms with Gasteiger partial charge in [-0.15, -0.1) is 0 Å². The molecule has 2 amide bonds. The zero-order chi connectivity index (χ0) is 24.4. The van der Waals surface area contributed by atoms with E-state index in [1.54, 1.807) is 19.0 Å². The van der Waals surface area contributed by atoms with Gasteiger partial charge in [-0.25, -0.2) is 8.78 Å². The highest BCUT2D eigenvalue weighted by atomic mass is 19.1. The number of rotatable bonds is 6. The van der Waals surface area contributed by atoms with E-state index in [0.29, 0.717) is 24.9 Å². The van der Waals surface area contributed by atoms with Crippen LogP contribution in [-0.2, 0) is 4.79 Å². The molecule has 184 valence electrons. The van der Waals surface area contributed by atoms with Gasteiger partial charge in [-0.05, 0) is 37.3 Å². The van der Waals surface area contributed by atoms with Crippen molar-refractivity contribution in [2.45, 2.75) is 51.1 Å². The van der Waals surface area contributed by atoms with E-state index in [-0.39, 0.29) is 34.9 Å². The number of halogens is 2. The van der Waals surface area contributed by atoms with E-state index >= 15 is 0 Å². The van der Waals surface area contributed by atoms with E-state index in [1.807, 2.05) is 0 Å². The number of amides is 2. The van der Waals surface area contributed by atoms with E-state index in [4.69, 9.17) is 4.52 Å². The van der Waals surface area contributed by atoms with Crippen molar-refractivity contribution in [2.75, 3.05) is 27.2 Å². The van der Waals surface area contributed by atoms with E-state index < -0.39 is 17.5 Å². The predicted octanol–water partition coefficient (Wildman–Crippen LogP) is 3.71. The molecule has 9 heteroatoms. The van der Waals surface area contributed by atoms with Gasteiger partial charge in [0.1, 0.15) is 11.6 Å². The number of hydrogen-bond donors (Lipinski definition) is 1. The smallest absolute Gasteiger partial charge is 0.273 e. The fraction of sp³-hybridized carbons (Fsp3) is 0.560. The number of nitrogens with one attached hydrogen (secondary N) is 1. The van der Waals surface area contributed by atoms with Gasteiger partial charge < -0.3 is 14.7 Å². The quantitative estimate of drug-likeness (QED) is 0.691. The second-order valence-electron chi connectivity index (χ2n) is 9.57. The summed E-state index contributed by atoms with van der Waals surface area (Å²) in [7, 11) is 3.46. The van der Waals surface area contributed by atoms with Crippen LogP contribution in [0, 0.1) is 23.5 Å². The molecule has 2 unspecified atom stereocenters. The maximum Gasteiger partial charge on any atom is 0.273 e. The van der Waals surface area contributed by atoms with Crippen molar-refractivity contribution in [1.82, 2.24) is 20.3 Å². The lowest BCUT2D eigenvalue weighted by atomic mass is 9.88. The molecular weight excluding hydrogens is 442 g/mol. The van der Waals surface area contributed by atoms with Gasteiger partial charge in [-0.3, -0.25) is 14.5 Å². The average molecular weight is 475 g/mol. The molecule has 0 bridgehead atoms. The highest BCUT2D eigenvalue weighted by Crippen LogP contribution is 2.35. The summed E-state index contributed by atoms with van der Waals surface area (Å²) in [6.45, 7) is 3.64. The van der Waals surface area contributed by atoms with Crippen molar-refractivity contribution in [1.29, 1.82) is 0 Å². The predicted molar refractivity (Wildman–Crippen MR) is 123 cm³/mol. The molecular formula is C25H32F2N4O3. The Bertz CT molecular complexity index is 1040. The fourth-order valence-electron chi connectivity index (χ4n) is 5.45. The molecule has 7 nitrogen and oxygen atoms in total. The Labute approximate surface area is 198 Å². The molecule has 1 saturated carbocycles. The van der Waals surface area contributed by atoms with Crippen molar-refractivity contribution in [2.24, 2.45) is 11.8 Å². The minimum atomic E-state index is -0.801. The molecule has 1 aliphatic heterocycles. The Kier molecular flexibility index (Phi) is 7.30. The standard InChI is InChI=1S/C25H32F2N4O3/c1-4-15-6-5-7-22(15)31-11-10-20(18(14-31)25(33)30(2)3)28-24(32)21-13-23(34-29-21)17-9-8-16(26)12-19(17)27/h8-9,12-13,15,18,20,22H,4-7,10-11,14H2,1-3H3,(H,28,32)/t15?,18-,20-,22?/m1/s1. The molecule has 4 rings (SSSR count). The largest absolute Gasteiger partial charge is 0.355 e. The van der Waals surface area contributed by atoms with Crippen LogP contribution in [0.25, 0.3) is 11.3 Å². The molecule has 2 aromatic rings. The minimum Gasteiger partial charge on any atom is -0.355 e. The number of carbonyl (C=O) groups excluding carboxylic acids is 2. The normalized spacial score (nSPS) is 25.3. The third-order valence-electron chi connectivity index (χ3n) is 7.27. The summed E-state index contributed by atoms with van der Waals surface area (Å²) in [5, 5.41) is 6.73. The first-order chi connectivity index (χ1) is 16.3. The molecule has 2 heterocycles. The zero-order valence-corrected chi connectivity index (χ0v) is 19.9. The van der Waals surface area contributed by atoms with Crippen LogP contribution in [0.4, 0.5) is 8.78 Å². The van der Waals surface area contributed by atoms with Crippen LogP contribution in [0.2, 0.25) is 0 Å². The summed E-state index contributed by atoms with van der Waals surface area (Å²) in [5.74, 6) is -1.69. The lowest BCUT2D eigenvalue weighted by Crippen LogP contribution is -2.58. The summed E-state index contributed by atoms with van der Waals surface area (Å²) < 4.78 is 32.4. The Morgan fingerprint density at radius 1 is 1.21 bits per heavy atom. The molecule has 1 aliphatic carbocycles. The lowest BCUT2D eigenvalue weighted by molar-refractivity contribution is -0.136. The molecule has 4 atom stereocenters. The van der Waals surface area contributed by atoms with Gasteiger partial charge in [0.2, 0.25) is 5.91 Å². The highest BCUT2D eigenvalue weighted by Gasteiger charge is 2.41. The number of likely N-dealkylation sites (tertiary alicyclic amines) is 1. The van der Waals surface area contributed by atoms with Crippen LogP contribution in [0.1, 0.15) is 49.5 Å². The summed E-state index contributed by atoms with van der Waals surface area (Å²) in [5.41, 5.74) is 0.00279. The van der Waals surface area contributed by atoms with E-state index in [9.17, 15) is 18.4 Å².